The minimum absolute atomic E-state index is 0.0342. The number of aromatic nitrogens is 1. The first-order chi connectivity index (χ1) is 8.65. The number of ether oxygens (including phenoxy) is 1. The van der Waals surface area contributed by atoms with Crippen molar-refractivity contribution in [1.82, 2.24) is 4.98 Å². The Kier molecular flexibility index (Phi) is 6.07. The van der Waals surface area contributed by atoms with Gasteiger partial charge in [-0.05, 0) is 31.7 Å². The van der Waals surface area contributed by atoms with Crippen LogP contribution in [0.15, 0.2) is 12.3 Å². The molecular weight excluding hydrogens is 234 g/mol. The molecule has 100 valence electrons. The normalized spacial score (nSPS) is 10.3. The summed E-state index contributed by atoms with van der Waals surface area (Å²) in [5.74, 6) is 0.345. The number of rotatable bonds is 8. The molecule has 1 rings (SSSR count). The summed E-state index contributed by atoms with van der Waals surface area (Å²) in [5, 5.41) is 13.9. The van der Waals surface area contributed by atoms with E-state index in [0.717, 1.165) is 31.4 Å². The second-order valence-corrected chi connectivity index (χ2v) is 4.12. The maximum absolute atomic E-state index is 10.9. The lowest BCUT2D eigenvalue weighted by atomic mass is 10.2. The van der Waals surface area contributed by atoms with Crippen LogP contribution in [-0.2, 0) is 4.74 Å². The fraction of sp³-hybridized carbons (Fsp3) is 0.583. The first kappa shape index (κ1) is 14.4. The summed E-state index contributed by atoms with van der Waals surface area (Å²) in [4.78, 5) is 14.5. The van der Waals surface area contributed by atoms with Crippen LogP contribution < -0.4 is 5.32 Å². The van der Waals surface area contributed by atoms with E-state index in [1.165, 1.54) is 6.07 Å². The molecular formula is C12H19N3O3. The van der Waals surface area contributed by atoms with Crippen molar-refractivity contribution >= 4 is 11.5 Å². The van der Waals surface area contributed by atoms with E-state index in [4.69, 9.17) is 4.74 Å². The minimum atomic E-state index is -0.409. The van der Waals surface area contributed by atoms with Crippen LogP contribution in [0.5, 0.6) is 0 Å². The van der Waals surface area contributed by atoms with Crippen molar-refractivity contribution in [1.29, 1.82) is 0 Å². The molecule has 0 saturated heterocycles. The summed E-state index contributed by atoms with van der Waals surface area (Å²) in [6, 6.07) is 1.53. The van der Waals surface area contributed by atoms with E-state index >= 15 is 0 Å². The Morgan fingerprint density at radius 2 is 2.22 bits per heavy atom. The van der Waals surface area contributed by atoms with Crippen LogP contribution in [0.3, 0.4) is 0 Å². The van der Waals surface area contributed by atoms with Gasteiger partial charge in [0.05, 0.1) is 4.92 Å². The number of unbranched alkanes of at least 4 members (excludes halogenated alkanes) is 2. The minimum Gasteiger partial charge on any atom is -0.385 e. The highest BCUT2D eigenvalue weighted by Crippen LogP contribution is 2.22. The summed E-state index contributed by atoms with van der Waals surface area (Å²) >= 11 is 0. The number of methoxy groups -OCH3 is 1. The van der Waals surface area contributed by atoms with Crippen LogP contribution in [0.1, 0.15) is 24.8 Å². The molecule has 6 heteroatoms. The second-order valence-electron chi connectivity index (χ2n) is 4.12. The molecule has 0 aliphatic heterocycles. The Balaban J connectivity index is 2.44. The van der Waals surface area contributed by atoms with Gasteiger partial charge in [-0.1, -0.05) is 0 Å². The van der Waals surface area contributed by atoms with Crippen molar-refractivity contribution < 1.29 is 9.66 Å². The van der Waals surface area contributed by atoms with Gasteiger partial charge >= 0.3 is 5.69 Å². The van der Waals surface area contributed by atoms with E-state index in [1.807, 2.05) is 0 Å². The molecule has 6 nitrogen and oxygen atoms in total. The van der Waals surface area contributed by atoms with Crippen molar-refractivity contribution in [3.63, 3.8) is 0 Å². The van der Waals surface area contributed by atoms with Gasteiger partial charge in [0.25, 0.3) is 0 Å². The van der Waals surface area contributed by atoms with E-state index in [1.54, 1.807) is 20.2 Å². The van der Waals surface area contributed by atoms with Gasteiger partial charge in [0, 0.05) is 32.5 Å². The van der Waals surface area contributed by atoms with E-state index < -0.39 is 4.92 Å². The molecule has 0 aliphatic rings. The summed E-state index contributed by atoms with van der Waals surface area (Å²) in [5.41, 5.74) is 0.819. The summed E-state index contributed by atoms with van der Waals surface area (Å²) in [6.45, 7) is 3.22. The first-order valence-corrected chi connectivity index (χ1v) is 5.99. The Labute approximate surface area is 107 Å². The van der Waals surface area contributed by atoms with Gasteiger partial charge in [-0.15, -0.1) is 0 Å². The molecule has 0 unspecified atom stereocenters. The van der Waals surface area contributed by atoms with Gasteiger partial charge in [-0.2, -0.15) is 0 Å². The highest BCUT2D eigenvalue weighted by molar-refractivity contribution is 5.56. The topological polar surface area (TPSA) is 77.3 Å². The summed E-state index contributed by atoms with van der Waals surface area (Å²) in [7, 11) is 1.68. The lowest BCUT2D eigenvalue weighted by Crippen LogP contribution is -2.06. The van der Waals surface area contributed by atoms with Gasteiger partial charge < -0.3 is 10.1 Å². The summed E-state index contributed by atoms with van der Waals surface area (Å²) in [6.07, 6.45) is 4.60. The molecule has 0 bridgehead atoms. The Morgan fingerprint density at radius 3 is 2.89 bits per heavy atom. The van der Waals surface area contributed by atoms with Gasteiger partial charge in [-0.3, -0.25) is 10.1 Å². The van der Waals surface area contributed by atoms with E-state index in [9.17, 15) is 10.1 Å². The second kappa shape index (κ2) is 7.60. The van der Waals surface area contributed by atoms with Gasteiger partial charge in [0.2, 0.25) is 5.82 Å². The van der Waals surface area contributed by atoms with Crippen LogP contribution in [0.25, 0.3) is 0 Å². The fourth-order valence-corrected chi connectivity index (χ4v) is 1.58. The molecule has 18 heavy (non-hydrogen) atoms. The van der Waals surface area contributed by atoms with Crippen LogP contribution in [0.4, 0.5) is 11.5 Å². The molecule has 0 aliphatic carbocycles. The van der Waals surface area contributed by atoms with Crippen LogP contribution >= 0.6 is 0 Å². The van der Waals surface area contributed by atoms with Gasteiger partial charge in [0.15, 0.2) is 0 Å². The molecule has 1 heterocycles. The third kappa shape index (κ3) is 4.67. The van der Waals surface area contributed by atoms with Crippen molar-refractivity contribution in [3.8, 4) is 0 Å². The zero-order valence-electron chi connectivity index (χ0n) is 10.8. The predicted octanol–water partition coefficient (Wildman–Crippen LogP) is 2.53. The van der Waals surface area contributed by atoms with Crippen molar-refractivity contribution in [2.45, 2.75) is 26.2 Å². The first-order valence-electron chi connectivity index (χ1n) is 5.99. The zero-order valence-corrected chi connectivity index (χ0v) is 10.8. The molecule has 0 radical (unpaired) electrons. The lowest BCUT2D eigenvalue weighted by molar-refractivity contribution is -0.384. The van der Waals surface area contributed by atoms with E-state index in [2.05, 4.69) is 10.3 Å². The van der Waals surface area contributed by atoms with Crippen molar-refractivity contribution in [2.24, 2.45) is 0 Å². The highest BCUT2D eigenvalue weighted by atomic mass is 16.6. The Hall–Kier alpha value is -1.69. The average Bonchev–Trinajstić information content (AvgIpc) is 2.35. The summed E-state index contributed by atoms with van der Waals surface area (Å²) < 4.78 is 4.95. The maximum Gasteiger partial charge on any atom is 0.311 e. The highest BCUT2D eigenvalue weighted by Gasteiger charge is 2.14. The molecule has 0 spiro atoms. The zero-order chi connectivity index (χ0) is 13.4. The Morgan fingerprint density at radius 1 is 1.44 bits per heavy atom. The molecule has 1 aromatic heterocycles. The van der Waals surface area contributed by atoms with Crippen molar-refractivity contribution in [2.75, 3.05) is 25.6 Å². The quantitative estimate of drug-likeness (QED) is 0.437. The van der Waals surface area contributed by atoms with Gasteiger partial charge in [-0.25, -0.2) is 4.98 Å². The van der Waals surface area contributed by atoms with E-state index in [-0.39, 0.29) is 5.69 Å². The number of nitro groups is 1. The van der Waals surface area contributed by atoms with Crippen LogP contribution in [0, 0.1) is 17.0 Å². The van der Waals surface area contributed by atoms with Crippen LogP contribution in [0.2, 0.25) is 0 Å². The van der Waals surface area contributed by atoms with Gasteiger partial charge in [0.1, 0.15) is 0 Å². The number of anilines is 1. The molecule has 0 saturated carbocycles. The molecule has 0 fully saturated rings. The SMILES string of the molecule is COCCCCCNc1ncc(C)cc1[N+](=O)[O-]. The predicted molar refractivity (Wildman–Crippen MR) is 69.8 cm³/mol. The number of aryl methyl sites for hydroxylation is 1. The average molecular weight is 253 g/mol. The number of hydrogen-bond acceptors (Lipinski definition) is 5. The van der Waals surface area contributed by atoms with Crippen molar-refractivity contribution in [3.05, 3.63) is 27.9 Å². The number of nitrogens with one attached hydrogen (secondary N) is 1. The Bertz CT molecular complexity index is 396. The molecule has 0 amide bonds. The molecule has 1 N–H and O–H groups in total. The third-order valence-corrected chi connectivity index (χ3v) is 2.52. The third-order valence-electron chi connectivity index (χ3n) is 2.52. The molecule has 1 aromatic rings. The number of hydrogen-bond donors (Lipinski definition) is 1. The largest absolute Gasteiger partial charge is 0.385 e. The maximum atomic E-state index is 10.9. The monoisotopic (exact) mass is 253 g/mol. The van der Waals surface area contributed by atoms with Crippen LogP contribution in [-0.4, -0.2) is 30.2 Å². The smallest absolute Gasteiger partial charge is 0.311 e. The fourth-order valence-electron chi connectivity index (χ4n) is 1.58. The molecule has 0 aromatic carbocycles. The lowest BCUT2D eigenvalue weighted by Gasteiger charge is -2.06. The number of pyridine rings is 1. The molecule has 0 atom stereocenters. The standard InChI is InChI=1S/C12H19N3O3/c1-10-8-11(15(16)17)12(14-9-10)13-6-4-3-5-7-18-2/h8-9H,3-7H2,1-2H3,(H,13,14). The van der Waals surface area contributed by atoms with E-state index in [0.29, 0.717) is 12.4 Å². The number of nitrogens with zero attached hydrogens (tertiary/aromatic N) is 2.